The van der Waals surface area contributed by atoms with Crippen LogP contribution in [0, 0.1) is 5.82 Å². The SMILES string of the molecule is C[C@H](NC(=O)COC(=O)COc1cccc(F)c1)c1cc2ccccc2o1. The molecule has 1 heterocycles. The highest BCUT2D eigenvalue weighted by atomic mass is 19.1. The van der Waals surface area contributed by atoms with Gasteiger partial charge in [0.15, 0.2) is 13.2 Å². The molecule has 140 valence electrons. The Balaban J connectivity index is 1.43. The van der Waals surface area contributed by atoms with Crippen LogP contribution in [0.15, 0.2) is 59.0 Å². The Morgan fingerprint density at radius 2 is 1.93 bits per heavy atom. The smallest absolute Gasteiger partial charge is 0.344 e. The lowest BCUT2D eigenvalue weighted by atomic mass is 10.2. The molecule has 0 unspecified atom stereocenters. The molecule has 0 saturated heterocycles. The van der Waals surface area contributed by atoms with Crippen molar-refractivity contribution < 1.29 is 27.9 Å². The molecule has 7 heteroatoms. The molecule has 0 spiro atoms. The number of rotatable bonds is 7. The number of carbonyl (C=O) groups excluding carboxylic acids is 2. The van der Waals surface area contributed by atoms with Gasteiger partial charge in [-0.25, -0.2) is 9.18 Å². The predicted molar refractivity (Wildman–Crippen MR) is 95.6 cm³/mol. The zero-order chi connectivity index (χ0) is 19.2. The number of ether oxygens (including phenoxy) is 2. The summed E-state index contributed by atoms with van der Waals surface area (Å²) in [6.45, 7) is 0.899. The van der Waals surface area contributed by atoms with Crippen LogP contribution in [0.25, 0.3) is 11.0 Å². The first-order valence-electron chi connectivity index (χ1n) is 8.33. The van der Waals surface area contributed by atoms with Crippen LogP contribution in [-0.4, -0.2) is 25.1 Å². The Hall–Kier alpha value is -3.35. The predicted octanol–water partition coefficient (Wildman–Crippen LogP) is 3.37. The van der Waals surface area contributed by atoms with Crippen molar-refractivity contribution in [3.63, 3.8) is 0 Å². The van der Waals surface area contributed by atoms with Gasteiger partial charge in [-0.05, 0) is 31.2 Å². The summed E-state index contributed by atoms with van der Waals surface area (Å²) in [5, 5.41) is 3.63. The van der Waals surface area contributed by atoms with E-state index in [0.29, 0.717) is 5.76 Å². The summed E-state index contributed by atoms with van der Waals surface area (Å²) in [7, 11) is 0. The van der Waals surface area contributed by atoms with E-state index in [1.54, 1.807) is 6.92 Å². The molecule has 0 aliphatic carbocycles. The second-order valence-corrected chi connectivity index (χ2v) is 5.88. The summed E-state index contributed by atoms with van der Waals surface area (Å²) in [5.41, 5.74) is 0.731. The van der Waals surface area contributed by atoms with Crippen molar-refractivity contribution >= 4 is 22.8 Å². The van der Waals surface area contributed by atoms with E-state index in [1.165, 1.54) is 18.2 Å². The minimum Gasteiger partial charge on any atom is -0.482 e. The van der Waals surface area contributed by atoms with Gasteiger partial charge in [-0.15, -0.1) is 0 Å². The highest BCUT2D eigenvalue weighted by Crippen LogP contribution is 2.23. The third-order valence-corrected chi connectivity index (χ3v) is 3.77. The molecule has 3 rings (SSSR count). The first-order chi connectivity index (χ1) is 13.0. The summed E-state index contributed by atoms with van der Waals surface area (Å²) in [6.07, 6.45) is 0. The van der Waals surface area contributed by atoms with Gasteiger partial charge in [0.25, 0.3) is 5.91 Å². The maximum Gasteiger partial charge on any atom is 0.344 e. The number of amides is 1. The Labute approximate surface area is 154 Å². The van der Waals surface area contributed by atoms with E-state index in [0.717, 1.165) is 17.0 Å². The maximum absolute atomic E-state index is 13.0. The van der Waals surface area contributed by atoms with E-state index < -0.39 is 30.9 Å². The number of furan rings is 1. The standard InChI is InChI=1S/C20H18FNO5/c1-13(18-9-14-5-2-3-8-17(14)27-18)22-19(23)11-26-20(24)12-25-16-7-4-6-15(21)10-16/h2-10,13H,11-12H2,1H3,(H,22,23)/t13-/m0/s1. The fourth-order valence-electron chi connectivity index (χ4n) is 2.46. The number of fused-ring (bicyclic) bond motifs is 1. The lowest BCUT2D eigenvalue weighted by Gasteiger charge is -2.12. The van der Waals surface area contributed by atoms with Crippen LogP contribution >= 0.6 is 0 Å². The van der Waals surface area contributed by atoms with Crippen molar-refractivity contribution in [2.75, 3.05) is 13.2 Å². The average Bonchev–Trinajstić information content (AvgIpc) is 3.09. The van der Waals surface area contributed by atoms with Gasteiger partial charge >= 0.3 is 5.97 Å². The quantitative estimate of drug-likeness (QED) is 0.645. The number of para-hydroxylation sites is 1. The number of halogens is 1. The molecule has 0 aliphatic heterocycles. The molecule has 0 radical (unpaired) electrons. The van der Waals surface area contributed by atoms with Crippen LogP contribution in [0.2, 0.25) is 0 Å². The average molecular weight is 371 g/mol. The molecule has 1 N–H and O–H groups in total. The number of hydrogen-bond acceptors (Lipinski definition) is 5. The molecular weight excluding hydrogens is 353 g/mol. The Morgan fingerprint density at radius 1 is 1.11 bits per heavy atom. The Morgan fingerprint density at radius 3 is 2.70 bits per heavy atom. The van der Waals surface area contributed by atoms with Gasteiger partial charge < -0.3 is 19.2 Å². The second kappa shape index (κ2) is 8.35. The largest absolute Gasteiger partial charge is 0.482 e. The first-order valence-corrected chi connectivity index (χ1v) is 8.33. The summed E-state index contributed by atoms with van der Waals surface area (Å²) in [6, 6.07) is 14.4. The van der Waals surface area contributed by atoms with Crippen LogP contribution < -0.4 is 10.1 Å². The molecule has 2 aromatic carbocycles. The fraction of sp³-hybridized carbons (Fsp3) is 0.200. The Bertz CT molecular complexity index is 919. The van der Waals surface area contributed by atoms with Crippen LogP contribution in [0.1, 0.15) is 18.7 Å². The minimum atomic E-state index is -0.731. The van der Waals surface area contributed by atoms with Gasteiger partial charge in [0.2, 0.25) is 0 Å². The molecule has 1 aromatic heterocycles. The molecule has 0 aliphatic rings. The lowest BCUT2D eigenvalue weighted by Crippen LogP contribution is -2.31. The van der Waals surface area contributed by atoms with Crippen LogP contribution in [0.4, 0.5) is 4.39 Å². The summed E-state index contributed by atoms with van der Waals surface area (Å²) in [5.74, 6) is -0.868. The highest BCUT2D eigenvalue weighted by molar-refractivity contribution is 5.82. The number of hydrogen-bond donors (Lipinski definition) is 1. The second-order valence-electron chi connectivity index (χ2n) is 5.88. The molecule has 0 saturated carbocycles. The van der Waals surface area contributed by atoms with Crippen molar-refractivity contribution in [1.82, 2.24) is 5.32 Å². The summed E-state index contributed by atoms with van der Waals surface area (Å²) < 4.78 is 28.7. The molecule has 6 nitrogen and oxygen atoms in total. The van der Waals surface area contributed by atoms with Gasteiger partial charge in [-0.1, -0.05) is 24.3 Å². The van der Waals surface area contributed by atoms with Crippen LogP contribution in [-0.2, 0) is 14.3 Å². The van der Waals surface area contributed by atoms with E-state index in [9.17, 15) is 14.0 Å². The number of benzene rings is 2. The van der Waals surface area contributed by atoms with Crippen molar-refractivity contribution in [3.05, 3.63) is 66.2 Å². The van der Waals surface area contributed by atoms with Crippen molar-refractivity contribution in [3.8, 4) is 5.75 Å². The molecule has 0 bridgehead atoms. The van der Waals surface area contributed by atoms with Crippen molar-refractivity contribution in [2.45, 2.75) is 13.0 Å². The van der Waals surface area contributed by atoms with Crippen LogP contribution in [0.5, 0.6) is 5.75 Å². The summed E-state index contributed by atoms with van der Waals surface area (Å²) >= 11 is 0. The van der Waals surface area contributed by atoms with Gasteiger partial charge in [0.1, 0.15) is 22.9 Å². The molecule has 3 aromatic rings. The third kappa shape index (κ3) is 5.07. The van der Waals surface area contributed by atoms with E-state index >= 15 is 0 Å². The van der Waals surface area contributed by atoms with E-state index in [4.69, 9.17) is 13.9 Å². The Kier molecular flexibility index (Phi) is 5.71. The highest BCUT2D eigenvalue weighted by Gasteiger charge is 2.15. The topological polar surface area (TPSA) is 77.8 Å². The zero-order valence-corrected chi connectivity index (χ0v) is 14.6. The van der Waals surface area contributed by atoms with E-state index in [-0.39, 0.29) is 11.8 Å². The third-order valence-electron chi connectivity index (χ3n) is 3.77. The van der Waals surface area contributed by atoms with Gasteiger partial charge in [0, 0.05) is 11.5 Å². The minimum absolute atomic E-state index is 0.204. The number of esters is 1. The van der Waals surface area contributed by atoms with Crippen molar-refractivity contribution in [1.29, 1.82) is 0 Å². The maximum atomic E-state index is 13.0. The molecule has 0 fully saturated rings. The van der Waals surface area contributed by atoms with Crippen molar-refractivity contribution in [2.24, 2.45) is 0 Å². The zero-order valence-electron chi connectivity index (χ0n) is 14.6. The number of carbonyl (C=O) groups is 2. The van der Waals surface area contributed by atoms with E-state index in [1.807, 2.05) is 30.3 Å². The first kappa shape index (κ1) is 18.4. The summed E-state index contributed by atoms with van der Waals surface area (Å²) in [4.78, 5) is 23.6. The fourth-order valence-corrected chi connectivity index (χ4v) is 2.46. The monoisotopic (exact) mass is 371 g/mol. The van der Waals surface area contributed by atoms with E-state index in [2.05, 4.69) is 5.32 Å². The van der Waals surface area contributed by atoms with Crippen LogP contribution in [0.3, 0.4) is 0 Å². The number of nitrogens with one attached hydrogen (secondary N) is 1. The lowest BCUT2D eigenvalue weighted by molar-refractivity contribution is -0.150. The van der Waals surface area contributed by atoms with Gasteiger partial charge in [0.05, 0.1) is 6.04 Å². The molecule has 27 heavy (non-hydrogen) atoms. The molecule has 1 atom stereocenters. The molecular formula is C20H18FNO5. The van der Waals surface area contributed by atoms with Gasteiger partial charge in [-0.2, -0.15) is 0 Å². The normalized spacial score (nSPS) is 11.8. The molecule has 1 amide bonds. The van der Waals surface area contributed by atoms with Gasteiger partial charge in [-0.3, -0.25) is 4.79 Å².